The summed E-state index contributed by atoms with van der Waals surface area (Å²) in [6, 6.07) is -0.464. The number of hydrogen-bond donors (Lipinski definition) is 3. The van der Waals surface area contributed by atoms with Crippen LogP contribution in [0.3, 0.4) is 0 Å². The zero-order valence-electron chi connectivity index (χ0n) is 12.0. The van der Waals surface area contributed by atoms with Crippen molar-refractivity contribution in [2.75, 3.05) is 39.8 Å². The Kier molecular flexibility index (Phi) is 10.1. The molecule has 0 spiro atoms. The molecule has 1 aliphatic heterocycles. The molecular formula is C13H25ClN4O2. The number of urea groups is 1. The van der Waals surface area contributed by atoms with E-state index in [9.17, 15) is 9.59 Å². The third-order valence-corrected chi connectivity index (χ3v) is 3.12. The molecule has 1 saturated heterocycles. The van der Waals surface area contributed by atoms with Crippen LogP contribution >= 0.6 is 12.4 Å². The Hall–Kier alpha value is -1.11. The van der Waals surface area contributed by atoms with E-state index in [1.54, 1.807) is 6.08 Å². The zero-order chi connectivity index (χ0) is 14.1. The van der Waals surface area contributed by atoms with Crippen LogP contribution in [0.25, 0.3) is 0 Å². The van der Waals surface area contributed by atoms with Crippen LogP contribution in [0.15, 0.2) is 12.7 Å². The Morgan fingerprint density at radius 1 is 1.45 bits per heavy atom. The molecule has 7 heteroatoms. The second-order valence-electron chi connectivity index (χ2n) is 4.85. The summed E-state index contributed by atoms with van der Waals surface area (Å²) in [6.07, 6.45) is 3.86. The maximum atomic E-state index is 11.7. The minimum absolute atomic E-state index is 0. The number of hydrogen-bond acceptors (Lipinski definition) is 4. The SMILES string of the molecule is C=CCNC(=O)NC(=O)CN1CCCC(CNC)C1.Cl. The van der Waals surface area contributed by atoms with E-state index in [-0.39, 0.29) is 24.9 Å². The molecule has 0 radical (unpaired) electrons. The standard InChI is InChI=1S/C13H24N4O2.ClH/c1-3-6-15-13(19)16-12(18)10-17-7-4-5-11(9-17)8-14-2;/h3,11,14H,1,4-10H2,2H3,(H2,15,16,18,19);1H. The van der Waals surface area contributed by atoms with Gasteiger partial charge < -0.3 is 10.6 Å². The lowest BCUT2D eigenvalue weighted by atomic mass is 9.98. The molecule has 20 heavy (non-hydrogen) atoms. The van der Waals surface area contributed by atoms with Gasteiger partial charge in [0.05, 0.1) is 6.54 Å². The summed E-state index contributed by atoms with van der Waals surface area (Å²) in [7, 11) is 1.94. The second-order valence-corrected chi connectivity index (χ2v) is 4.85. The van der Waals surface area contributed by atoms with E-state index in [4.69, 9.17) is 0 Å². The molecule has 1 heterocycles. The zero-order valence-corrected chi connectivity index (χ0v) is 12.8. The van der Waals surface area contributed by atoms with E-state index < -0.39 is 6.03 Å². The smallest absolute Gasteiger partial charge is 0.321 e. The Balaban J connectivity index is 0.00000361. The van der Waals surface area contributed by atoms with Gasteiger partial charge in [-0.1, -0.05) is 6.08 Å². The number of piperidine rings is 1. The van der Waals surface area contributed by atoms with Crippen molar-refractivity contribution in [1.29, 1.82) is 0 Å². The molecule has 0 bridgehead atoms. The lowest BCUT2D eigenvalue weighted by Gasteiger charge is -2.31. The molecule has 1 aliphatic rings. The van der Waals surface area contributed by atoms with E-state index in [0.29, 0.717) is 12.5 Å². The van der Waals surface area contributed by atoms with Gasteiger partial charge in [0.1, 0.15) is 0 Å². The number of nitrogens with zero attached hydrogens (tertiary/aromatic N) is 1. The molecule has 3 amide bonds. The van der Waals surface area contributed by atoms with E-state index in [1.165, 1.54) is 6.42 Å². The fourth-order valence-corrected chi connectivity index (χ4v) is 2.33. The lowest BCUT2D eigenvalue weighted by molar-refractivity contribution is -0.121. The summed E-state index contributed by atoms with van der Waals surface area (Å²) in [5, 5.41) is 7.99. The summed E-state index contributed by atoms with van der Waals surface area (Å²) < 4.78 is 0. The predicted molar refractivity (Wildman–Crippen MR) is 82.1 cm³/mol. The maximum absolute atomic E-state index is 11.7. The Morgan fingerprint density at radius 2 is 2.20 bits per heavy atom. The highest BCUT2D eigenvalue weighted by molar-refractivity contribution is 5.95. The quantitative estimate of drug-likeness (QED) is 0.619. The van der Waals surface area contributed by atoms with Crippen molar-refractivity contribution >= 4 is 24.3 Å². The van der Waals surface area contributed by atoms with E-state index >= 15 is 0 Å². The summed E-state index contributed by atoms with van der Waals surface area (Å²) in [5.74, 6) is 0.327. The Labute approximate surface area is 126 Å². The first-order valence-electron chi connectivity index (χ1n) is 6.71. The molecule has 0 saturated carbocycles. The van der Waals surface area contributed by atoms with Gasteiger partial charge in [0.15, 0.2) is 0 Å². The Bertz CT molecular complexity index is 323. The van der Waals surface area contributed by atoms with Crippen molar-refractivity contribution in [3.63, 3.8) is 0 Å². The molecule has 1 fully saturated rings. The average Bonchev–Trinajstić information content (AvgIpc) is 2.37. The Morgan fingerprint density at radius 3 is 2.85 bits per heavy atom. The molecule has 0 aromatic carbocycles. The van der Waals surface area contributed by atoms with Gasteiger partial charge in [-0.25, -0.2) is 4.79 Å². The highest BCUT2D eigenvalue weighted by atomic mass is 35.5. The van der Waals surface area contributed by atoms with Gasteiger partial charge in [-0.2, -0.15) is 0 Å². The molecule has 3 N–H and O–H groups in total. The van der Waals surface area contributed by atoms with Gasteiger partial charge >= 0.3 is 6.03 Å². The topological polar surface area (TPSA) is 73.5 Å². The van der Waals surface area contributed by atoms with Crippen LogP contribution in [0.2, 0.25) is 0 Å². The van der Waals surface area contributed by atoms with Crippen molar-refractivity contribution in [2.45, 2.75) is 12.8 Å². The van der Waals surface area contributed by atoms with Crippen molar-refractivity contribution < 1.29 is 9.59 Å². The summed E-state index contributed by atoms with van der Waals surface area (Å²) in [6.45, 7) is 6.92. The van der Waals surface area contributed by atoms with Crippen molar-refractivity contribution in [3.8, 4) is 0 Å². The van der Waals surface area contributed by atoms with Gasteiger partial charge in [-0.05, 0) is 38.9 Å². The van der Waals surface area contributed by atoms with Gasteiger partial charge in [0.2, 0.25) is 5.91 Å². The average molecular weight is 305 g/mol. The normalized spacial score (nSPS) is 18.8. The lowest BCUT2D eigenvalue weighted by Crippen LogP contribution is -2.47. The van der Waals surface area contributed by atoms with Gasteiger partial charge in [0, 0.05) is 13.1 Å². The van der Waals surface area contributed by atoms with E-state index in [2.05, 4.69) is 27.4 Å². The van der Waals surface area contributed by atoms with Crippen LogP contribution in [0.5, 0.6) is 0 Å². The number of carbonyl (C=O) groups is 2. The fourth-order valence-electron chi connectivity index (χ4n) is 2.33. The van der Waals surface area contributed by atoms with Crippen LogP contribution in [-0.4, -0.2) is 56.6 Å². The third kappa shape index (κ3) is 7.47. The summed E-state index contributed by atoms with van der Waals surface area (Å²) in [4.78, 5) is 25.1. The molecule has 1 rings (SSSR count). The van der Waals surface area contributed by atoms with Gasteiger partial charge in [-0.15, -0.1) is 19.0 Å². The summed E-state index contributed by atoms with van der Waals surface area (Å²) in [5.41, 5.74) is 0. The van der Waals surface area contributed by atoms with Gasteiger partial charge in [0.25, 0.3) is 0 Å². The highest BCUT2D eigenvalue weighted by Crippen LogP contribution is 2.14. The fraction of sp³-hybridized carbons (Fsp3) is 0.692. The molecule has 1 unspecified atom stereocenters. The van der Waals surface area contributed by atoms with E-state index in [1.807, 2.05) is 7.05 Å². The molecule has 0 aliphatic carbocycles. The largest absolute Gasteiger partial charge is 0.334 e. The number of carbonyl (C=O) groups excluding carboxylic acids is 2. The number of imide groups is 1. The first-order valence-corrected chi connectivity index (χ1v) is 6.71. The minimum atomic E-state index is -0.464. The third-order valence-electron chi connectivity index (χ3n) is 3.12. The molecular weight excluding hydrogens is 280 g/mol. The van der Waals surface area contributed by atoms with Crippen LogP contribution in [0.4, 0.5) is 4.79 Å². The number of halogens is 1. The first kappa shape index (κ1) is 18.9. The summed E-state index contributed by atoms with van der Waals surface area (Å²) >= 11 is 0. The number of likely N-dealkylation sites (tertiary alicyclic amines) is 1. The number of nitrogens with one attached hydrogen (secondary N) is 3. The van der Waals surface area contributed by atoms with Crippen LogP contribution in [0, 0.1) is 5.92 Å². The second kappa shape index (κ2) is 10.7. The highest BCUT2D eigenvalue weighted by Gasteiger charge is 2.21. The number of rotatable bonds is 6. The molecule has 1 atom stereocenters. The van der Waals surface area contributed by atoms with Crippen LogP contribution in [-0.2, 0) is 4.79 Å². The molecule has 0 aromatic heterocycles. The molecule has 0 aromatic rings. The monoisotopic (exact) mass is 304 g/mol. The predicted octanol–water partition coefficient (Wildman–Crippen LogP) is 0.351. The van der Waals surface area contributed by atoms with E-state index in [0.717, 1.165) is 26.1 Å². The van der Waals surface area contributed by atoms with Crippen LogP contribution < -0.4 is 16.0 Å². The van der Waals surface area contributed by atoms with Crippen molar-refractivity contribution in [3.05, 3.63) is 12.7 Å². The van der Waals surface area contributed by atoms with Crippen molar-refractivity contribution in [1.82, 2.24) is 20.9 Å². The maximum Gasteiger partial charge on any atom is 0.321 e. The van der Waals surface area contributed by atoms with Crippen LogP contribution in [0.1, 0.15) is 12.8 Å². The minimum Gasteiger partial charge on any atom is -0.334 e. The number of amides is 3. The molecule has 6 nitrogen and oxygen atoms in total. The molecule has 116 valence electrons. The van der Waals surface area contributed by atoms with Crippen molar-refractivity contribution in [2.24, 2.45) is 5.92 Å². The van der Waals surface area contributed by atoms with Gasteiger partial charge in [-0.3, -0.25) is 15.0 Å². The first-order chi connectivity index (χ1) is 9.15.